The molecule has 2 saturated heterocycles. The molecule has 0 aliphatic carbocycles. The Morgan fingerprint density at radius 3 is 0.961 bits per heavy atom. The number of hydrogen-bond donors (Lipinski definition) is 9. The number of carbonyl (C=O) groups is 1. The summed E-state index contributed by atoms with van der Waals surface area (Å²) in [6, 6.07) is -0.932. The number of amides is 1. The molecular formula is C88H167NO13. The lowest BCUT2D eigenvalue weighted by atomic mass is 9.97. The van der Waals surface area contributed by atoms with Gasteiger partial charge in [-0.2, -0.15) is 0 Å². The third-order valence-electron chi connectivity index (χ3n) is 21.8. The quantitative estimate of drug-likeness (QED) is 0.0204. The molecule has 0 radical (unpaired) electrons. The van der Waals surface area contributed by atoms with Crippen molar-refractivity contribution in [3.8, 4) is 0 Å². The molecule has 2 heterocycles. The largest absolute Gasteiger partial charge is 0.394 e. The second kappa shape index (κ2) is 72.1. The molecule has 0 aromatic heterocycles. The zero-order valence-electron chi connectivity index (χ0n) is 66.4. The van der Waals surface area contributed by atoms with Gasteiger partial charge in [-0.1, -0.05) is 397 Å². The molecule has 1 amide bonds. The summed E-state index contributed by atoms with van der Waals surface area (Å²) in [6.07, 6.45) is 79.8. The summed E-state index contributed by atoms with van der Waals surface area (Å²) in [5.41, 5.74) is 0. The van der Waals surface area contributed by atoms with Gasteiger partial charge in [0.05, 0.1) is 32.0 Å². The molecule has 14 nitrogen and oxygen atoms in total. The van der Waals surface area contributed by atoms with Crippen molar-refractivity contribution < 1.29 is 64.6 Å². The van der Waals surface area contributed by atoms with Gasteiger partial charge in [-0.25, -0.2) is 0 Å². The molecule has 0 spiro atoms. The van der Waals surface area contributed by atoms with Crippen molar-refractivity contribution >= 4 is 5.91 Å². The van der Waals surface area contributed by atoms with Gasteiger partial charge in [0, 0.05) is 6.42 Å². The zero-order valence-corrected chi connectivity index (χ0v) is 66.4. The van der Waals surface area contributed by atoms with Gasteiger partial charge >= 0.3 is 0 Å². The molecule has 2 fully saturated rings. The Morgan fingerprint density at radius 1 is 0.343 bits per heavy atom. The fraction of sp³-hybridized carbons (Fsp3) is 0.920. The predicted molar refractivity (Wildman–Crippen MR) is 425 cm³/mol. The standard InChI is InChI=1S/C88H167NO13/c1-3-5-7-9-11-13-15-17-19-21-23-25-27-29-31-33-35-36-37-38-39-40-42-44-46-48-50-52-54-56-58-60-62-64-66-68-70-72-80(93)89-76(75-99-87-85(98)83(96)86(79(74-91)101-87)102-88-84(97)82(95)81(94)78(73-90)100-88)77(92)71-69-67-65-63-61-59-57-55-53-51-49-47-45-43-41-34-32-30-28-26-24-22-20-18-16-14-12-10-8-6-4-2/h21,23,61,63,69,71,76-79,81-88,90-92,94-98H,3-20,22,24-60,62,64-68,70,72-75H2,1-2H3,(H,89,93)/b23-21-,63-61+,71-69+. The molecule has 12 atom stereocenters. The van der Waals surface area contributed by atoms with Crippen molar-refractivity contribution in [3.63, 3.8) is 0 Å². The molecule has 0 bridgehead atoms. The molecule has 14 heteroatoms. The highest BCUT2D eigenvalue weighted by Crippen LogP contribution is 2.31. The van der Waals surface area contributed by atoms with Gasteiger partial charge in [0.2, 0.25) is 5.91 Å². The highest BCUT2D eigenvalue weighted by atomic mass is 16.7. The van der Waals surface area contributed by atoms with E-state index in [1.165, 1.54) is 360 Å². The van der Waals surface area contributed by atoms with Crippen LogP contribution in [-0.2, 0) is 23.7 Å². The first-order chi connectivity index (χ1) is 50.1. The Labute approximate surface area is 627 Å². The molecule has 102 heavy (non-hydrogen) atoms. The van der Waals surface area contributed by atoms with Crippen LogP contribution >= 0.6 is 0 Å². The minimum atomic E-state index is -1.79. The summed E-state index contributed by atoms with van der Waals surface area (Å²) < 4.78 is 22.9. The van der Waals surface area contributed by atoms with E-state index in [4.69, 9.17) is 18.9 Å². The van der Waals surface area contributed by atoms with Gasteiger partial charge in [0.25, 0.3) is 0 Å². The van der Waals surface area contributed by atoms with Crippen LogP contribution in [0.4, 0.5) is 0 Å². The minimum absolute atomic E-state index is 0.240. The highest BCUT2D eigenvalue weighted by Gasteiger charge is 2.51. The van der Waals surface area contributed by atoms with Crippen LogP contribution in [0.2, 0.25) is 0 Å². The van der Waals surface area contributed by atoms with Gasteiger partial charge in [-0.15, -0.1) is 0 Å². The van der Waals surface area contributed by atoms with E-state index >= 15 is 0 Å². The maximum absolute atomic E-state index is 13.4. The van der Waals surface area contributed by atoms with Gasteiger partial charge in [0.15, 0.2) is 12.6 Å². The maximum atomic E-state index is 13.4. The number of allylic oxidation sites excluding steroid dienone is 5. The molecule has 2 aliphatic rings. The second-order valence-corrected chi connectivity index (χ2v) is 31.4. The Bertz CT molecular complexity index is 1850. The number of aliphatic hydroxyl groups is 8. The van der Waals surface area contributed by atoms with Crippen LogP contribution in [0.25, 0.3) is 0 Å². The van der Waals surface area contributed by atoms with Crippen molar-refractivity contribution in [2.24, 2.45) is 0 Å². The van der Waals surface area contributed by atoms with Gasteiger partial charge in [-0.3, -0.25) is 4.79 Å². The maximum Gasteiger partial charge on any atom is 0.220 e. The summed E-state index contributed by atoms with van der Waals surface area (Å²) in [4.78, 5) is 13.4. The van der Waals surface area contributed by atoms with Crippen molar-refractivity contribution in [1.82, 2.24) is 5.32 Å². The van der Waals surface area contributed by atoms with Crippen molar-refractivity contribution in [2.45, 2.75) is 498 Å². The molecule has 9 N–H and O–H groups in total. The summed E-state index contributed by atoms with van der Waals surface area (Å²) in [5, 5.41) is 87.8. The van der Waals surface area contributed by atoms with Crippen LogP contribution in [-0.4, -0.2) is 140 Å². The van der Waals surface area contributed by atoms with Gasteiger partial charge in [-0.05, 0) is 57.8 Å². The Hall–Kier alpha value is -1.79. The van der Waals surface area contributed by atoms with Crippen LogP contribution in [0.15, 0.2) is 36.5 Å². The van der Waals surface area contributed by atoms with E-state index in [1.54, 1.807) is 6.08 Å². The first-order valence-corrected chi connectivity index (χ1v) is 44.2. The second-order valence-electron chi connectivity index (χ2n) is 31.4. The molecule has 2 aliphatic heterocycles. The van der Waals surface area contributed by atoms with E-state index < -0.39 is 86.8 Å². The third-order valence-corrected chi connectivity index (χ3v) is 21.8. The molecule has 12 unspecified atom stereocenters. The number of carbonyl (C=O) groups excluding carboxylic acids is 1. The van der Waals surface area contributed by atoms with Crippen LogP contribution in [0.1, 0.15) is 425 Å². The number of aliphatic hydroxyl groups excluding tert-OH is 8. The van der Waals surface area contributed by atoms with E-state index in [-0.39, 0.29) is 18.9 Å². The average Bonchev–Trinajstić information content (AvgIpc) is 0.790. The fourth-order valence-corrected chi connectivity index (χ4v) is 14.8. The molecule has 0 aromatic rings. The van der Waals surface area contributed by atoms with Crippen molar-refractivity contribution in [2.75, 3.05) is 19.8 Å². The normalized spacial score (nSPS) is 21.7. The lowest BCUT2D eigenvalue weighted by Gasteiger charge is -2.46. The summed E-state index contributed by atoms with van der Waals surface area (Å²) in [6.45, 7) is 2.86. The topological polar surface area (TPSA) is 228 Å². The van der Waals surface area contributed by atoms with Crippen LogP contribution in [0.5, 0.6) is 0 Å². The molecular weight excluding hydrogens is 1280 g/mol. The van der Waals surface area contributed by atoms with Crippen LogP contribution in [0, 0.1) is 0 Å². The van der Waals surface area contributed by atoms with E-state index in [2.05, 4.69) is 43.5 Å². The van der Waals surface area contributed by atoms with E-state index in [0.717, 1.165) is 32.1 Å². The highest BCUT2D eigenvalue weighted by molar-refractivity contribution is 5.76. The monoisotopic (exact) mass is 1450 g/mol. The van der Waals surface area contributed by atoms with Crippen LogP contribution in [0.3, 0.4) is 0 Å². The summed E-state index contributed by atoms with van der Waals surface area (Å²) in [5.74, 6) is -0.240. The lowest BCUT2D eigenvalue weighted by Crippen LogP contribution is -2.65. The number of unbranched alkanes of at least 4 members (excludes halogenated alkanes) is 59. The molecule has 602 valence electrons. The number of hydrogen-bond acceptors (Lipinski definition) is 13. The Balaban J connectivity index is 1.58. The smallest absolute Gasteiger partial charge is 0.220 e. The SMILES string of the molecule is CCCCCCCCCC/C=C\CCCCCCCCCCCCCCCCCCCCCCCCCCCC(=O)NC(COC1OC(CO)C(OC2OC(CO)C(O)C(O)C2O)C(O)C1O)C(O)/C=C/CC/C=C/CCCCCCCCCCCCCCCCCCCCCCCCCCC. The fourth-order valence-electron chi connectivity index (χ4n) is 14.8. The lowest BCUT2D eigenvalue weighted by molar-refractivity contribution is -0.359. The van der Waals surface area contributed by atoms with Crippen LogP contribution < -0.4 is 5.32 Å². The number of ether oxygens (including phenoxy) is 4. The van der Waals surface area contributed by atoms with E-state index in [9.17, 15) is 45.6 Å². The van der Waals surface area contributed by atoms with Crippen molar-refractivity contribution in [1.29, 1.82) is 0 Å². The predicted octanol–water partition coefficient (Wildman–Crippen LogP) is 21.1. The van der Waals surface area contributed by atoms with Crippen molar-refractivity contribution in [3.05, 3.63) is 36.5 Å². The number of nitrogens with one attached hydrogen (secondary N) is 1. The molecule has 0 aromatic carbocycles. The average molecular weight is 1450 g/mol. The third kappa shape index (κ3) is 53.9. The van der Waals surface area contributed by atoms with E-state index in [1.807, 2.05) is 6.08 Å². The minimum Gasteiger partial charge on any atom is -0.394 e. The van der Waals surface area contributed by atoms with Gasteiger partial charge in [0.1, 0.15) is 48.8 Å². The first kappa shape index (κ1) is 96.3. The Morgan fingerprint density at radius 2 is 0.627 bits per heavy atom. The van der Waals surface area contributed by atoms with E-state index in [0.29, 0.717) is 12.8 Å². The zero-order chi connectivity index (χ0) is 73.7. The molecule has 2 rings (SSSR count). The Kier molecular flexibility index (Phi) is 68.1. The summed E-state index contributed by atoms with van der Waals surface area (Å²) in [7, 11) is 0. The van der Waals surface area contributed by atoms with Gasteiger partial charge < -0.3 is 65.1 Å². The molecule has 0 saturated carbocycles. The number of rotatable bonds is 76. The summed E-state index contributed by atoms with van der Waals surface area (Å²) >= 11 is 0. The first-order valence-electron chi connectivity index (χ1n) is 44.2.